The van der Waals surface area contributed by atoms with Crippen molar-refractivity contribution in [3.05, 3.63) is 87.4 Å². The lowest BCUT2D eigenvalue weighted by Crippen LogP contribution is -2.22. The molecule has 0 saturated heterocycles. The van der Waals surface area contributed by atoms with Gasteiger partial charge in [-0.25, -0.2) is 9.37 Å². The topological polar surface area (TPSA) is 72.7 Å². The second-order valence-corrected chi connectivity index (χ2v) is 8.95. The van der Waals surface area contributed by atoms with Crippen LogP contribution in [0.4, 0.5) is 4.39 Å². The van der Waals surface area contributed by atoms with Crippen molar-refractivity contribution in [3.63, 3.8) is 0 Å². The Kier molecular flexibility index (Phi) is 6.43. The molecule has 0 radical (unpaired) electrons. The molecule has 2 aromatic carbocycles. The fourth-order valence-corrected chi connectivity index (χ4v) is 4.57. The Hall–Kier alpha value is -3.04. The molecule has 4 rings (SSSR count). The highest BCUT2D eigenvalue weighted by molar-refractivity contribution is 7.98. The zero-order chi connectivity index (χ0) is 21.8. The standard InChI is InChI=1S/C22H20FN5OS2/c1-14-3-8-18(11-15(14)2)28-10-9-24-22(28)30-13-19-26-27-21(31-19)20(29)25-12-16-4-6-17(23)7-5-16/h3-11H,12-13H2,1-2H3,(H,25,29). The van der Waals surface area contributed by atoms with Crippen molar-refractivity contribution in [2.75, 3.05) is 0 Å². The molecule has 0 bridgehead atoms. The molecule has 4 aromatic rings. The molecule has 158 valence electrons. The number of aromatic nitrogens is 4. The third-order valence-electron chi connectivity index (χ3n) is 4.73. The predicted octanol–water partition coefficient (Wildman–Crippen LogP) is 4.70. The number of aryl methyl sites for hydroxylation is 2. The van der Waals surface area contributed by atoms with E-state index in [2.05, 4.69) is 52.5 Å². The molecule has 2 heterocycles. The van der Waals surface area contributed by atoms with Crippen LogP contribution in [-0.4, -0.2) is 25.7 Å². The summed E-state index contributed by atoms with van der Waals surface area (Å²) in [5.41, 5.74) is 4.34. The van der Waals surface area contributed by atoms with Crippen LogP contribution < -0.4 is 5.32 Å². The molecule has 0 aliphatic heterocycles. The number of benzene rings is 2. The molecule has 6 nitrogen and oxygen atoms in total. The Morgan fingerprint density at radius 1 is 1.13 bits per heavy atom. The predicted molar refractivity (Wildman–Crippen MR) is 120 cm³/mol. The van der Waals surface area contributed by atoms with Gasteiger partial charge in [0.2, 0.25) is 5.01 Å². The Balaban J connectivity index is 1.36. The number of hydrogen-bond acceptors (Lipinski definition) is 6. The molecule has 1 amide bonds. The Morgan fingerprint density at radius 2 is 1.94 bits per heavy atom. The van der Waals surface area contributed by atoms with Gasteiger partial charge in [0.25, 0.3) is 5.91 Å². The molecule has 9 heteroatoms. The van der Waals surface area contributed by atoms with Crippen molar-refractivity contribution in [1.29, 1.82) is 0 Å². The highest BCUT2D eigenvalue weighted by Gasteiger charge is 2.14. The third-order valence-corrected chi connectivity index (χ3v) is 6.81. The van der Waals surface area contributed by atoms with Crippen molar-refractivity contribution in [2.45, 2.75) is 31.3 Å². The number of nitrogens with zero attached hydrogens (tertiary/aromatic N) is 4. The molecule has 0 spiro atoms. The van der Waals surface area contributed by atoms with Gasteiger partial charge in [-0.2, -0.15) is 0 Å². The molecule has 0 atom stereocenters. The van der Waals surface area contributed by atoms with E-state index in [1.807, 2.05) is 10.8 Å². The smallest absolute Gasteiger partial charge is 0.282 e. The fraction of sp³-hybridized carbons (Fsp3) is 0.182. The van der Waals surface area contributed by atoms with Crippen LogP contribution in [0.3, 0.4) is 0 Å². The number of carbonyl (C=O) groups excluding carboxylic acids is 1. The van der Waals surface area contributed by atoms with Gasteiger partial charge in [0.05, 0.1) is 5.75 Å². The molecule has 0 unspecified atom stereocenters. The lowest BCUT2D eigenvalue weighted by atomic mass is 10.1. The van der Waals surface area contributed by atoms with Gasteiger partial charge in [-0.15, -0.1) is 10.2 Å². The van der Waals surface area contributed by atoms with Crippen LogP contribution in [0.2, 0.25) is 0 Å². The Morgan fingerprint density at radius 3 is 2.71 bits per heavy atom. The monoisotopic (exact) mass is 453 g/mol. The largest absolute Gasteiger partial charge is 0.346 e. The van der Waals surface area contributed by atoms with Crippen LogP contribution in [0, 0.1) is 19.7 Å². The highest BCUT2D eigenvalue weighted by Crippen LogP contribution is 2.26. The number of amides is 1. The van der Waals surface area contributed by atoms with Gasteiger partial charge in [0, 0.05) is 24.6 Å². The summed E-state index contributed by atoms with van der Waals surface area (Å²) in [6.07, 6.45) is 3.70. The lowest BCUT2D eigenvalue weighted by molar-refractivity contribution is 0.0950. The number of thioether (sulfide) groups is 1. The summed E-state index contributed by atoms with van der Waals surface area (Å²) < 4.78 is 15.0. The minimum atomic E-state index is -0.306. The van der Waals surface area contributed by atoms with Gasteiger partial charge in [-0.3, -0.25) is 9.36 Å². The van der Waals surface area contributed by atoms with E-state index in [9.17, 15) is 9.18 Å². The van der Waals surface area contributed by atoms with Crippen molar-refractivity contribution in [2.24, 2.45) is 0 Å². The van der Waals surface area contributed by atoms with Gasteiger partial charge in [0.15, 0.2) is 5.16 Å². The van der Waals surface area contributed by atoms with Crippen LogP contribution in [0.25, 0.3) is 5.69 Å². The molecule has 0 aliphatic carbocycles. The summed E-state index contributed by atoms with van der Waals surface area (Å²) in [6, 6.07) is 12.3. The van der Waals surface area contributed by atoms with Crippen molar-refractivity contribution in [3.8, 4) is 5.69 Å². The first-order valence-corrected chi connectivity index (χ1v) is 11.4. The summed E-state index contributed by atoms with van der Waals surface area (Å²) in [6.45, 7) is 4.48. The molecule has 0 saturated carbocycles. The maximum atomic E-state index is 13.0. The summed E-state index contributed by atoms with van der Waals surface area (Å²) in [5, 5.41) is 12.8. The first-order valence-electron chi connectivity index (χ1n) is 9.58. The van der Waals surface area contributed by atoms with E-state index in [1.165, 1.54) is 34.6 Å². The van der Waals surface area contributed by atoms with E-state index in [0.29, 0.717) is 17.3 Å². The normalized spacial score (nSPS) is 10.9. The van der Waals surface area contributed by atoms with Crippen LogP contribution in [0.5, 0.6) is 0 Å². The molecule has 0 aliphatic rings. The minimum absolute atomic E-state index is 0.297. The number of nitrogens with one attached hydrogen (secondary N) is 1. The van der Waals surface area contributed by atoms with E-state index in [-0.39, 0.29) is 11.7 Å². The van der Waals surface area contributed by atoms with E-state index in [1.54, 1.807) is 30.1 Å². The van der Waals surface area contributed by atoms with Crippen LogP contribution in [0.1, 0.15) is 31.5 Å². The maximum Gasteiger partial charge on any atom is 0.282 e. The minimum Gasteiger partial charge on any atom is -0.346 e. The quantitative estimate of drug-likeness (QED) is 0.411. The summed E-state index contributed by atoms with van der Waals surface area (Å²) in [5.74, 6) is -0.0423. The summed E-state index contributed by atoms with van der Waals surface area (Å²) in [4.78, 5) is 16.8. The van der Waals surface area contributed by atoms with Gasteiger partial charge in [0.1, 0.15) is 10.8 Å². The van der Waals surface area contributed by atoms with Gasteiger partial charge >= 0.3 is 0 Å². The van der Waals surface area contributed by atoms with Gasteiger partial charge in [-0.05, 0) is 54.8 Å². The first-order chi connectivity index (χ1) is 15.0. The van der Waals surface area contributed by atoms with E-state index in [4.69, 9.17) is 0 Å². The van der Waals surface area contributed by atoms with E-state index >= 15 is 0 Å². The van der Waals surface area contributed by atoms with Crippen molar-refractivity contribution >= 4 is 29.0 Å². The third kappa shape index (κ3) is 5.18. The number of rotatable bonds is 7. The highest BCUT2D eigenvalue weighted by atomic mass is 32.2. The Bertz CT molecular complexity index is 1200. The number of imidazole rings is 1. The van der Waals surface area contributed by atoms with Crippen LogP contribution in [-0.2, 0) is 12.3 Å². The van der Waals surface area contributed by atoms with Crippen molar-refractivity contribution in [1.82, 2.24) is 25.1 Å². The molecule has 31 heavy (non-hydrogen) atoms. The van der Waals surface area contributed by atoms with Crippen LogP contribution >= 0.6 is 23.1 Å². The molecule has 0 fully saturated rings. The molecular weight excluding hydrogens is 433 g/mol. The SMILES string of the molecule is Cc1ccc(-n2ccnc2SCc2nnc(C(=O)NCc3ccc(F)cc3)s2)cc1C. The zero-order valence-electron chi connectivity index (χ0n) is 17.0. The summed E-state index contributed by atoms with van der Waals surface area (Å²) in [7, 11) is 0. The Labute approximate surface area is 187 Å². The molecule has 2 aromatic heterocycles. The number of halogens is 1. The molecule has 1 N–H and O–H groups in total. The van der Waals surface area contributed by atoms with Crippen LogP contribution in [0.15, 0.2) is 60.0 Å². The average Bonchev–Trinajstić information content (AvgIpc) is 3.43. The van der Waals surface area contributed by atoms with Crippen molar-refractivity contribution < 1.29 is 9.18 Å². The zero-order valence-corrected chi connectivity index (χ0v) is 18.6. The molecular formula is C22H20FN5OS2. The fourth-order valence-electron chi connectivity index (χ4n) is 2.86. The number of carbonyl (C=O) groups is 1. The van der Waals surface area contributed by atoms with Gasteiger partial charge in [-0.1, -0.05) is 41.3 Å². The average molecular weight is 454 g/mol. The summed E-state index contributed by atoms with van der Waals surface area (Å²) >= 11 is 2.80. The van der Waals surface area contributed by atoms with Gasteiger partial charge < -0.3 is 5.32 Å². The number of hydrogen-bond donors (Lipinski definition) is 1. The second kappa shape index (κ2) is 9.40. The first kappa shape index (κ1) is 21.2. The lowest BCUT2D eigenvalue weighted by Gasteiger charge is -2.09. The van der Waals surface area contributed by atoms with E-state index < -0.39 is 0 Å². The van der Waals surface area contributed by atoms with E-state index in [0.717, 1.165) is 21.4 Å². The maximum absolute atomic E-state index is 13.0. The second-order valence-electron chi connectivity index (χ2n) is 6.95.